The fraction of sp³-hybridized carbons (Fsp3) is 0. The number of aliphatic imine (C=N–C) groups is 1. The highest BCUT2D eigenvalue weighted by Crippen LogP contribution is 2.12. The van der Waals surface area contributed by atoms with Crippen molar-refractivity contribution in [2.75, 3.05) is 4.90 Å². The molecule has 112 valence electrons. The molecule has 5 heteroatoms. The average molecular weight is 303 g/mol. The summed E-state index contributed by atoms with van der Waals surface area (Å²) in [6.45, 7) is 0. The number of pyridine rings is 2. The highest BCUT2D eigenvalue weighted by atomic mass is 16.2. The minimum Gasteiger partial charge on any atom is -0.247 e. The zero-order valence-corrected chi connectivity index (χ0v) is 12.3. The lowest BCUT2D eigenvalue weighted by Gasteiger charge is -2.08. The number of benzene rings is 1. The predicted molar refractivity (Wildman–Crippen MR) is 88.6 cm³/mol. The van der Waals surface area contributed by atoms with Gasteiger partial charge in [-0.05, 0) is 30.3 Å². The van der Waals surface area contributed by atoms with Crippen molar-refractivity contribution in [3.63, 3.8) is 0 Å². The van der Waals surface area contributed by atoms with E-state index in [2.05, 4.69) is 15.0 Å². The molecule has 1 amide bonds. The highest BCUT2D eigenvalue weighted by molar-refractivity contribution is 6.15. The lowest BCUT2D eigenvalue weighted by atomic mass is 10.2. The molecule has 2 aromatic heterocycles. The largest absolute Gasteiger partial charge is 0.347 e. The fourth-order valence-electron chi connectivity index (χ4n) is 2.02. The Morgan fingerprint density at radius 3 is 2.48 bits per heavy atom. The number of rotatable bonds is 4. The second-order valence-electron chi connectivity index (χ2n) is 4.72. The fourth-order valence-corrected chi connectivity index (χ4v) is 2.02. The number of carbonyl (C=O) groups is 1. The second-order valence-corrected chi connectivity index (χ2v) is 4.72. The molecule has 0 aliphatic rings. The molecule has 0 unspecified atom stereocenters. The first kappa shape index (κ1) is 14.6. The van der Waals surface area contributed by atoms with Crippen molar-refractivity contribution in [3.8, 4) is 0 Å². The summed E-state index contributed by atoms with van der Waals surface area (Å²) >= 11 is 0. The van der Waals surface area contributed by atoms with Crippen LogP contribution < -0.4 is 9.88 Å². The van der Waals surface area contributed by atoms with Gasteiger partial charge in [0.1, 0.15) is 0 Å². The third-order valence-corrected chi connectivity index (χ3v) is 3.15. The Kier molecular flexibility index (Phi) is 4.49. The van der Waals surface area contributed by atoms with Gasteiger partial charge in [-0.2, -0.15) is 4.99 Å². The SMILES string of the molecule is O=C(c1ccccc1)N(C=Nc1ccccn1)c1cccc[nH+]1. The van der Waals surface area contributed by atoms with Gasteiger partial charge < -0.3 is 0 Å². The summed E-state index contributed by atoms with van der Waals surface area (Å²) in [5.41, 5.74) is 0.581. The van der Waals surface area contributed by atoms with Crippen LogP contribution in [0.4, 0.5) is 11.6 Å². The number of aromatic nitrogens is 2. The lowest BCUT2D eigenvalue weighted by molar-refractivity contribution is -0.362. The van der Waals surface area contributed by atoms with E-state index in [1.165, 1.54) is 11.2 Å². The Bertz CT molecular complexity index is 789. The van der Waals surface area contributed by atoms with Crippen molar-refractivity contribution in [1.82, 2.24) is 4.98 Å². The number of amides is 1. The molecular weight excluding hydrogens is 288 g/mol. The van der Waals surface area contributed by atoms with Crippen LogP contribution in [0.15, 0.2) is 84.1 Å². The van der Waals surface area contributed by atoms with E-state index in [1.807, 2.05) is 48.5 Å². The number of hydrogen-bond donors (Lipinski definition) is 0. The van der Waals surface area contributed by atoms with Gasteiger partial charge in [0, 0.05) is 12.3 Å². The Labute approximate surface area is 134 Å². The third kappa shape index (κ3) is 3.65. The van der Waals surface area contributed by atoms with Gasteiger partial charge in [-0.25, -0.2) is 14.8 Å². The van der Waals surface area contributed by atoms with Crippen molar-refractivity contribution in [2.24, 2.45) is 4.99 Å². The van der Waals surface area contributed by atoms with Gasteiger partial charge in [0.2, 0.25) is 0 Å². The summed E-state index contributed by atoms with van der Waals surface area (Å²) in [6.07, 6.45) is 4.89. The van der Waals surface area contributed by atoms with E-state index in [4.69, 9.17) is 0 Å². The molecule has 0 bridgehead atoms. The van der Waals surface area contributed by atoms with E-state index in [0.717, 1.165) is 0 Å². The maximum atomic E-state index is 12.8. The van der Waals surface area contributed by atoms with Gasteiger partial charge in [0.15, 0.2) is 12.2 Å². The maximum Gasteiger partial charge on any atom is 0.347 e. The van der Waals surface area contributed by atoms with Crippen LogP contribution in [0.25, 0.3) is 0 Å². The van der Waals surface area contributed by atoms with Gasteiger partial charge in [-0.3, -0.25) is 0 Å². The molecule has 0 saturated heterocycles. The van der Waals surface area contributed by atoms with Crippen molar-refractivity contribution in [1.29, 1.82) is 0 Å². The van der Waals surface area contributed by atoms with Crippen LogP contribution in [-0.2, 0) is 0 Å². The van der Waals surface area contributed by atoms with Crippen molar-refractivity contribution in [2.45, 2.75) is 0 Å². The van der Waals surface area contributed by atoms with Gasteiger partial charge in [-0.1, -0.05) is 30.3 Å². The van der Waals surface area contributed by atoms with Gasteiger partial charge in [-0.15, -0.1) is 4.90 Å². The van der Waals surface area contributed by atoms with Crippen LogP contribution in [0.3, 0.4) is 0 Å². The summed E-state index contributed by atoms with van der Waals surface area (Å²) in [4.78, 5) is 25.7. The van der Waals surface area contributed by atoms with Crippen LogP contribution in [0.1, 0.15) is 10.4 Å². The number of anilines is 1. The van der Waals surface area contributed by atoms with Crippen LogP contribution in [-0.4, -0.2) is 17.2 Å². The second kappa shape index (κ2) is 7.09. The lowest BCUT2D eigenvalue weighted by Crippen LogP contribution is -2.33. The van der Waals surface area contributed by atoms with E-state index >= 15 is 0 Å². The number of nitrogens with one attached hydrogen (secondary N) is 1. The normalized spacial score (nSPS) is 10.6. The Morgan fingerprint density at radius 2 is 1.78 bits per heavy atom. The van der Waals surface area contributed by atoms with E-state index in [9.17, 15) is 4.79 Å². The summed E-state index contributed by atoms with van der Waals surface area (Å²) in [5.74, 6) is 0.989. The number of nitrogens with zero attached hydrogens (tertiary/aromatic N) is 3. The molecule has 2 heterocycles. The monoisotopic (exact) mass is 303 g/mol. The van der Waals surface area contributed by atoms with Crippen LogP contribution in [0.2, 0.25) is 0 Å². The molecule has 0 aliphatic heterocycles. The van der Waals surface area contributed by atoms with Gasteiger partial charge in [0.05, 0.1) is 11.8 Å². The van der Waals surface area contributed by atoms with Crippen molar-refractivity contribution >= 4 is 23.9 Å². The molecule has 0 spiro atoms. The molecule has 5 nitrogen and oxygen atoms in total. The molecule has 0 radical (unpaired) electrons. The van der Waals surface area contributed by atoms with E-state index < -0.39 is 0 Å². The first-order chi connectivity index (χ1) is 11.3. The van der Waals surface area contributed by atoms with Gasteiger partial charge in [0.25, 0.3) is 5.82 Å². The molecule has 0 aliphatic carbocycles. The minimum absolute atomic E-state index is 0.173. The zero-order valence-electron chi connectivity index (χ0n) is 12.3. The molecule has 1 aromatic carbocycles. The summed E-state index contributed by atoms with van der Waals surface area (Å²) in [5, 5.41) is 0. The topological polar surface area (TPSA) is 59.7 Å². The molecule has 3 rings (SSSR count). The summed E-state index contributed by atoms with van der Waals surface area (Å²) in [6, 6.07) is 20.0. The van der Waals surface area contributed by atoms with Gasteiger partial charge >= 0.3 is 5.91 Å². The number of carbonyl (C=O) groups excluding carboxylic acids is 1. The van der Waals surface area contributed by atoms with E-state index in [1.54, 1.807) is 30.6 Å². The standard InChI is InChI=1S/C18H14N4O/c23-18(15-8-2-1-3-9-15)22(17-11-5-7-13-20-17)14-21-16-10-4-6-12-19-16/h1-14H/p+1. The van der Waals surface area contributed by atoms with Crippen LogP contribution in [0.5, 0.6) is 0 Å². The predicted octanol–water partition coefficient (Wildman–Crippen LogP) is 2.90. The van der Waals surface area contributed by atoms with Crippen LogP contribution >= 0.6 is 0 Å². The molecular formula is C18H15N4O+. The minimum atomic E-state index is -0.173. The molecule has 1 N–H and O–H groups in total. The maximum absolute atomic E-state index is 12.8. The molecule has 23 heavy (non-hydrogen) atoms. The Hall–Kier alpha value is -3.34. The number of H-pyrrole nitrogens is 1. The summed E-state index contributed by atoms with van der Waals surface area (Å²) < 4.78 is 0. The smallest absolute Gasteiger partial charge is 0.247 e. The van der Waals surface area contributed by atoms with E-state index in [-0.39, 0.29) is 5.91 Å². The first-order valence-electron chi connectivity index (χ1n) is 7.15. The van der Waals surface area contributed by atoms with Crippen LogP contribution in [0, 0.1) is 0 Å². The first-order valence-corrected chi connectivity index (χ1v) is 7.15. The molecule has 0 atom stereocenters. The van der Waals surface area contributed by atoms with E-state index in [0.29, 0.717) is 17.2 Å². The molecule has 0 fully saturated rings. The molecule has 3 aromatic rings. The number of hydrogen-bond acceptors (Lipinski definition) is 3. The quantitative estimate of drug-likeness (QED) is 0.549. The van der Waals surface area contributed by atoms with Crippen molar-refractivity contribution < 1.29 is 9.78 Å². The highest BCUT2D eigenvalue weighted by Gasteiger charge is 2.24. The number of aromatic amines is 1. The molecule has 0 saturated carbocycles. The zero-order chi connectivity index (χ0) is 15.9. The Morgan fingerprint density at radius 1 is 1.00 bits per heavy atom. The average Bonchev–Trinajstić information content (AvgIpc) is 2.64. The Balaban J connectivity index is 1.95. The summed E-state index contributed by atoms with van der Waals surface area (Å²) in [7, 11) is 0. The third-order valence-electron chi connectivity index (χ3n) is 3.15. The van der Waals surface area contributed by atoms with Crippen molar-refractivity contribution in [3.05, 3.63) is 84.7 Å².